The molecule has 138 valence electrons. The number of hydrogen-bond donors (Lipinski definition) is 2. The van der Waals surface area contributed by atoms with Gasteiger partial charge in [0.05, 0.1) is 9.83 Å². The predicted molar refractivity (Wildman–Crippen MR) is 112 cm³/mol. The molecule has 27 heavy (non-hydrogen) atoms. The Labute approximate surface area is 176 Å². The molecule has 1 unspecified atom stereocenters. The summed E-state index contributed by atoms with van der Waals surface area (Å²) in [6, 6.07) is 10.8. The molecule has 0 spiro atoms. The van der Waals surface area contributed by atoms with Gasteiger partial charge >= 0.3 is 0 Å². The molecule has 0 bridgehead atoms. The minimum atomic E-state index is -0.510. The zero-order chi connectivity index (χ0) is 19.1. The van der Waals surface area contributed by atoms with Crippen LogP contribution in [0.1, 0.15) is 18.7 Å². The summed E-state index contributed by atoms with van der Waals surface area (Å²) in [7, 11) is 0. The molecule has 1 amide bonds. The van der Waals surface area contributed by atoms with Gasteiger partial charge in [-0.2, -0.15) is 0 Å². The largest absolute Gasteiger partial charge is 0.507 e. The molecule has 2 heterocycles. The number of thioether (sulfide) groups is 1. The standard InChI is InChI=1S/C18H14Br2N4O2S/c1-2-27-18-22-17(26)15-11-8-10(19)4-5-13(11)21-16(24(15)23-18)9-3-6-14(25)12(20)7-9/h3-8,16,25H,2H2,1H3,(H,22,23,26). The number of nitrogens with zero attached hydrogens (tertiary/aromatic N) is 3. The number of benzene rings is 2. The molecule has 2 aliphatic rings. The summed E-state index contributed by atoms with van der Waals surface area (Å²) in [4.78, 5) is 17.7. The first-order valence-corrected chi connectivity index (χ1v) is 10.7. The molecular formula is C18H14Br2N4O2S. The second-order valence-electron chi connectivity index (χ2n) is 5.86. The fourth-order valence-corrected chi connectivity index (χ4v) is 4.30. The molecule has 0 aliphatic carbocycles. The van der Waals surface area contributed by atoms with E-state index in [1.54, 1.807) is 23.2 Å². The van der Waals surface area contributed by atoms with Gasteiger partial charge in [-0.25, -0.2) is 5.01 Å². The Morgan fingerprint density at radius 1 is 1.26 bits per heavy atom. The molecule has 4 rings (SSSR count). The summed E-state index contributed by atoms with van der Waals surface area (Å²) in [5.41, 5.74) is 1.26. The molecule has 2 aliphatic heterocycles. The van der Waals surface area contributed by atoms with Crippen molar-refractivity contribution in [1.29, 1.82) is 0 Å². The van der Waals surface area contributed by atoms with Gasteiger partial charge in [0.15, 0.2) is 11.3 Å². The predicted octanol–water partition coefficient (Wildman–Crippen LogP) is 2.81. The summed E-state index contributed by atoms with van der Waals surface area (Å²) in [5, 5.41) is 21.0. The normalized spacial score (nSPS) is 18.3. The Morgan fingerprint density at radius 3 is 2.81 bits per heavy atom. The van der Waals surface area contributed by atoms with Crippen LogP contribution in [-0.4, -0.2) is 26.9 Å². The number of phenols is 1. The fraction of sp³-hybridized carbons (Fsp3) is 0.167. The summed E-state index contributed by atoms with van der Waals surface area (Å²) in [6.45, 7) is 2.00. The fourth-order valence-electron chi connectivity index (χ4n) is 2.95. The highest BCUT2D eigenvalue weighted by Crippen LogP contribution is 2.34. The number of hydrazone groups is 1. The lowest BCUT2D eigenvalue weighted by Crippen LogP contribution is -2.50. The third kappa shape index (κ3) is 3.39. The van der Waals surface area contributed by atoms with Crippen molar-refractivity contribution in [1.82, 2.24) is 10.3 Å². The van der Waals surface area contributed by atoms with Crippen molar-refractivity contribution < 1.29 is 9.90 Å². The monoisotopic (exact) mass is 508 g/mol. The van der Waals surface area contributed by atoms with E-state index < -0.39 is 6.17 Å². The number of phenolic OH excluding ortho intramolecular Hbond substituents is 1. The van der Waals surface area contributed by atoms with Crippen molar-refractivity contribution in [3.8, 4) is 5.75 Å². The van der Waals surface area contributed by atoms with Gasteiger partial charge in [-0.1, -0.05) is 40.7 Å². The van der Waals surface area contributed by atoms with Gasteiger partial charge in [-0.15, -0.1) is 5.10 Å². The number of fused-ring (bicyclic) bond motifs is 2. The summed E-state index contributed by atoms with van der Waals surface area (Å²) in [6.07, 6.45) is -0.510. The topological polar surface area (TPSA) is 77.3 Å². The third-order valence-electron chi connectivity index (χ3n) is 4.12. The molecule has 0 saturated heterocycles. The molecule has 9 heteroatoms. The van der Waals surface area contributed by atoms with Crippen molar-refractivity contribution in [3.05, 3.63) is 61.5 Å². The first-order valence-electron chi connectivity index (χ1n) is 8.16. The van der Waals surface area contributed by atoms with Crippen LogP contribution in [0.5, 0.6) is 5.75 Å². The highest BCUT2D eigenvalue weighted by Gasteiger charge is 2.34. The minimum absolute atomic E-state index is 0.144. The van der Waals surface area contributed by atoms with Crippen LogP contribution in [0.3, 0.4) is 0 Å². The number of rotatable bonds is 2. The van der Waals surface area contributed by atoms with E-state index >= 15 is 0 Å². The number of carbonyl (C=O) groups is 1. The molecule has 2 aromatic carbocycles. The van der Waals surface area contributed by atoms with Gasteiger partial charge in [0.2, 0.25) is 0 Å². The van der Waals surface area contributed by atoms with E-state index in [2.05, 4.69) is 42.3 Å². The molecule has 0 radical (unpaired) electrons. The molecule has 2 aromatic rings. The number of hydrogen-bond acceptors (Lipinski definition) is 6. The molecule has 0 fully saturated rings. The lowest BCUT2D eigenvalue weighted by molar-refractivity contribution is -0.116. The summed E-state index contributed by atoms with van der Waals surface area (Å²) >= 11 is 8.27. The minimum Gasteiger partial charge on any atom is -0.507 e. The summed E-state index contributed by atoms with van der Waals surface area (Å²) in [5.74, 6) is 0.722. The van der Waals surface area contributed by atoms with Gasteiger partial charge in [-0.05, 0) is 57.6 Å². The Bertz CT molecular complexity index is 1100. The average molecular weight is 510 g/mol. The van der Waals surface area contributed by atoms with Crippen LogP contribution in [0.15, 0.2) is 55.4 Å². The van der Waals surface area contributed by atoms with Gasteiger partial charge in [0, 0.05) is 9.69 Å². The lowest BCUT2D eigenvalue weighted by atomic mass is 10.1. The molecule has 6 nitrogen and oxygen atoms in total. The second kappa shape index (κ2) is 7.29. The van der Waals surface area contributed by atoms with Gasteiger partial charge in [0.1, 0.15) is 11.4 Å². The van der Waals surface area contributed by atoms with Gasteiger partial charge in [0.25, 0.3) is 5.91 Å². The van der Waals surface area contributed by atoms with E-state index in [-0.39, 0.29) is 11.7 Å². The lowest BCUT2D eigenvalue weighted by Gasteiger charge is -2.34. The zero-order valence-corrected chi connectivity index (χ0v) is 18.1. The van der Waals surface area contributed by atoms with E-state index in [9.17, 15) is 9.90 Å². The van der Waals surface area contributed by atoms with Crippen LogP contribution < -0.4 is 15.9 Å². The number of aromatic hydroxyl groups is 1. The number of amides is 1. The van der Waals surface area contributed by atoms with Crippen LogP contribution in [0.4, 0.5) is 0 Å². The third-order valence-corrected chi connectivity index (χ3v) is 6.00. The maximum absolute atomic E-state index is 12.9. The van der Waals surface area contributed by atoms with E-state index in [0.717, 1.165) is 26.4 Å². The quantitative estimate of drug-likeness (QED) is 0.652. The second-order valence-corrected chi connectivity index (χ2v) is 8.88. The molecular weight excluding hydrogens is 496 g/mol. The van der Waals surface area contributed by atoms with Crippen molar-refractivity contribution >= 4 is 60.4 Å². The SMILES string of the molecule is CCSC1=NN2C(=c3cc(Br)ccc3=NC2c2ccc(O)c(Br)c2)C(=O)N1. The number of halogens is 2. The van der Waals surface area contributed by atoms with Crippen molar-refractivity contribution in [2.45, 2.75) is 13.1 Å². The average Bonchev–Trinajstić information content (AvgIpc) is 2.63. The zero-order valence-electron chi connectivity index (χ0n) is 14.1. The van der Waals surface area contributed by atoms with Crippen LogP contribution in [0.2, 0.25) is 0 Å². The van der Waals surface area contributed by atoms with Crippen LogP contribution in [-0.2, 0) is 4.79 Å². The van der Waals surface area contributed by atoms with E-state index in [1.165, 1.54) is 11.8 Å². The van der Waals surface area contributed by atoms with E-state index in [1.807, 2.05) is 25.1 Å². The van der Waals surface area contributed by atoms with Gasteiger partial charge in [-0.3, -0.25) is 15.1 Å². The van der Waals surface area contributed by atoms with Gasteiger partial charge < -0.3 is 5.11 Å². The molecule has 2 N–H and O–H groups in total. The highest BCUT2D eigenvalue weighted by molar-refractivity contribution is 9.10. The Morgan fingerprint density at radius 2 is 2.07 bits per heavy atom. The molecule has 0 aromatic heterocycles. The Hall–Kier alpha value is -1.84. The Balaban J connectivity index is 1.97. The number of nitrogens with one attached hydrogen (secondary N) is 1. The Kier molecular flexibility index (Phi) is 5.00. The first kappa shape index (κ1) is 18.5. The maximum atomic E-state index is 12.9. The van der Waals surface area contributed by atoms with Crippen LogP contribution in [0, 0.1) is 0 Å². The molecule has 1 atom stereocenters. The van der Waals surface area contributed by atoms with Crippen molar-refractivity contribution in [3.63, 3.8) is 0 Å². The van der Waals surface area contributed by atoms with E-state index in [0.29, 0.717) is 15.3 Å². The highest BCUT2D eigenvalue weighted by atomic mass is 79.9. The van der Waals surface area contributed by atoms with Crippen LogP contribution in [0.25, 0.3) is 5.70 Å². The van der Waals surface area contributed by atoms with Crippen LogP contribution >= 0.6 is 43.6 Å². The van der Waals surface area contributed by atoms with Crippen molar-refractivity contribution in [2.75, 3.05) is 5.75 Å². The number of amidine groups is 1. The molecule has 0 saturated carbocycles. The first-order chi connectivity index (χ1) is 13.0. The smallest absolute Gasteiger partial charge is 0.276 e. The summed E-state index contributed by atoms with van der Waals surface area (Å²) < 4.78 is 1.42. The van der Waals surface area contributed by atoms with Crippen molar-refractivity contribution in [2.24, 2.45) is 10.1 Å². The maximum Gasteiger partial charge on any atom is 0.276 e. The number of carbonyl (C=O) groups excluding carboxylic acids is 1. The van der Waals surface area contributed by atoms with E-state index in [4.69, 9.17) is 4.99 Å².